The Balaban J connectivity index is 1.99. The van der Waals surface area contributed by atoms with Crippen LogP contribution in [0.3, 0.4) is 0 Å². The predicted molar refractivity (Wildman–Crippen MR) is 100 cm³/mol. The van der Waals surface area contributed by atoms with Crippen molar-refractivity contribution in [1.82, 2.24) is 5.32 Å². The molecule has 0 aromatic heterocycles. The summed E-state index contributed by atoms with van der Waals surface area (Å²) in [7, 11) is 0. The molecule has 0 bridgehead atoms. The van der Waals surface area contributed by atoms with Crippen molar-refractivity contribution in [2.24, 2.45) is 5.73 Å². The first-order valence-electron chi connectivity index (χ1n) is 9.55. The van der Waals surface area contributed by atoms with E-state index in [1.807, 2.05) is 44.2 Å². The summed E-state index contributed by atoms with van der Waals surface area (Å²) in [6, 6.07) is 9.71. The minimum absolute atomic E-state index is 0.0231. The molecule has 1 aromatic rings. The SMILES string of the molecule is CCOC(CC)CNC(=O)C(N)(C[C@H]1CCCO1)OCc1ccccc1. The van der Waals surface area contributed by atoms with Crippen LogP contribution < -0.4 is 11.1 Å². The van der Waals surface area contributed by atoms with E-state index >= 15 is 0 Å². The lowest BCUT2D eigenvalue weighted by molar-refractivity contribution is -0.154. The van der Waals surface area contributed by atoms with Crippen molar-refractivity contribution in [3.63, 3.8) is 0 Å². The zero-order valence-corrected chi connectivity index (χ0v) is 15.9. The van der Waals surface area contributed by atoms with Gasteiger partial charge in [-0.2, -0.15) is 0 Å². The highest BCUT2D eigenvalue weighted by atomic mass is 16.5. The molecule has 3 N–H and O–H groups in total. The number of rotatable bonds is 11. The van der Waals surface area contributed by atoms with E-state index < -0.39 is 5.72 Å². The van der Waals surface area contributed by atoms with Crippen LogP contribution in [0.15, 0.2) is 30.3 Å². The number of nitrogens with one attached hydrogen (secondary N) is 1. The summed E-state index contributed by atoms with van der Waals surface area (Å²) in [6.07, 6.45) is 2.99. The monoisotopic (exact) mass is 364 g/mol. The molecule has 1 aliphatic heterocycles. The molecule has 6 heteroatoms. The van der Waals surface area contributed by atoms with Crippen LogP contribution in [0, 0.1) is 0 Å². The number of carbonyl (C=O) groups excluding carboxylic acids is 1. The van der Waals surface area contributed by atoms with Gasteiger partial charge in [0.2, 0.25) is 0 Å². The molecule has 1 heterocycles. The van der Waals surface area contributed by atoms with Gasteiger partial charge in [0.15, 0.2) is 5.72 Å². The van der Waals surface area contributed by atoms with Crippen molar-refractivity contribution in [2.45, 2.75) is 64.1 Å². The summed E-state index contributed by atoms with van der Waals surface area (Å²) >= 11 is 0. The van der Waals surface area contributed by atoms with Crippen molar-refractivity contribution in [2.75, 3.05) is 19.8 Å². The molecule has 1 fully saturated rings. The van der Waals surface area contributed by atoms with Crippen LogP contribution in [0.5, 0.6) is 0 Å². The van der Waals surface area contributed by atoms with Crippen molar-refractivity contribution >= 4 is 5.91 Å². The van der Waals surface area contributed by atoms with Crippen LogP contribution >= 0.6 is 0 Å². The molecular weight excluding hydrogens is 332 g/mol. The van der Waals surface area contributed by atoms with Gasteiger partial charge in [-0.1, -0.05) is 37.3 Å². The Morgan fingerprint density at radius 1 is 1.38 bits per heavy atom. The van der Waals surface area contributed by atoms with Gasteiger partial charge in [-0.05, 0) is 31.7 Å². The molecule has 1 aromatic carbocycles. The van der Waals surface area contributed by atoms with Crippen LogP contribution in [0.4, 0.5) is 0 Å². The fraction of sp³-hybridized carbons (Fsp3) is 0.650. The van der Waals surface area contributed by atoms with Crippen molar-refractivity contribution < 1.29 is 19.0 Å². The van der Waals surface area contributed by atoms with E-state index in [-0.39, 0.29) is 24.7 Å². The fourth-order valence-electron chi connectivity index (χ4n) is 3.06. The standard InChI is InChI=1S/C20H32N2O4/c1-3-17(24-4-2)14-22-19(23)20(21,13-18-11-8-12-25-18)26-15-16-9-6-5-7-10-16/h5-7,9-10,17-18H,3-4,8,11-15,21H2,1-2H3,(H,22,23)/t17?,18-,20?/m1/s1. The Kier molecular flexibility index (Phi) is 8.51. The van der Waals surface area contributed by atoms with Crippen LogP contribution in [0.1, 0.15) is 45.1 Å². The highest BCUT2D eigenvalue weighted by Crippen LogP contribution is 2.23. The summed E-state index contributed by atoms with van der Waals surface area (Å²) in [5, 5.41) is 2.90. The van der Waals surface area contributed by atoms with E-state index in [0.717, 1.165) is 24.8 Å². The van der Waals surface area contributed by atoms with E-state index in [4.69, 9.17) is 19.9 Å². The Labute approximate surface area is 156 Å². The van der Waals surface area contributed by atoms with E-state index in [2.05, 4.69) is 5.32 Å². The van der Waals surface area contributed by atoms with Gasteiger partial charge < -0.3 is 19.5 Å². The number of carbonyl (C=O) groups is 1. The molecule has 0 spiro atoms. The van der Waals surface area contributed by atoms with E-state index in [9.17, 15) is 4.79 Å². The van der Waals surface area contributed by atoms with Gasteiger partial charge in [0.25, 0.3) is 5.91 Å². The number of benzene rings is 1. The lowest BCUT2D eigenvalue weighted by Gasteiger charge is -2.31. The highest BCUT2D eigenvalue weighted by Gasteiger charge is 2.39. The first-order chi connectivity index (χ1) is 12.6. The summed E-state index contributed by atoms with van der Waals surface area (Å²) in [4.78, 5) is 12.8. The van der Waals surface area contributed by atoms with Crippen LogP contribution in [-0.2, 0) is 25.6 Å². The number of nitrogens with two attached hydrogens (primary N) is 1. The van der Waals surface area contributed by atoms with E-state index in [1.54, 1.807) is 0 Å². The number of hydrogen-bond acceptors (Lipinski definition) is 5. The van der Waals surface area contributed by atoms with Crippen LogP contribution in [0.2, 0.25) is 0 Å². The van der Waals surface area contributed by atoms with Gasteiger partial charge in [-0.15, -0.1) is 0 Å². The topological polar surface area (TPSA) is 82.8 Å². The molecule has 1 amide bonds. The highest BCUT2D eigenvalue weighted by molar-refractivity contribution is 5.84. The zero-order valence-electron chi connectivity index (χ0n) is 15.9. The first kappa shape index (κ1) is 20.8. The Morgan fingerprint density at radius 2 is 2.15 bits per heavy atom. The van der Waals surface area contributed by atoms with E-state index in [1.165, 1.54) is 0 Å². The maximum Gasteiger partial charge on any atom is 0.267 e. The molecule has 1 saturated heterocycles. The van der Waals surface area contributed by atoms with E-state index in [0.29, 0.717) is 26.2 Å². The first-order valence-corrected chi connectivity index (χ1v) is 9.55. The van der Waals surface area contributed by atoms with Crippen LogP contribution in [-0.4, -0.2) is 43.6 Å². The van der Waals surface area contributed by atoms with Crippen molar-refractivity contribution in [3.05, 3.63) is 35.9 Å². The maximum absolute atomic E-state index is 12.8. The quantitative estimate of drug-likeness (QED) is 0.589. The molecule has 2 rings (SSSR count). The number of amides is 1. The number of hydrogen-bond donors (Lipinski definition) is 2. The van der Waals surface area contributed by atoms with Gasteiger partial charge in [0, 0.05) is 26.2 Å². The molecule has 1 aliphatic rings. The average Bonchev–Trinajstić information content (AvgIpc) is 3.16. The van der Waals surface area contributed by atoms with Gasteiger partial charge >= 0.3 is 0 Å². The average molecular weight is 364 g/mol. The van der Waals surface area contributed by atoms with Crippen molar-refractivity contribution in [3.8, 4) is 0 Å². The molecule has 0 radical (unpaired) electrons. The van der Waals surface area contributed by atoms with Crippen molar-refractivity contribution in [1.29, 1.82) is 0 Å². The van der Waals surface area contributed by atoms with Gasteiger partial charge in [-0.3, -0.25) is 10.5 Å². The maximum atomic E-state index is 12.8. The molecule has 6 nitrogen and oxygen atoms in total. The number of ether oxygens (including phenoxy) is 3. The second-order valence-electron chi connectivity index (χ2n) is 6.70. The molecule has 26 heavy (non-hydrogen) atoms. The van der Waals surface area contributed by atoms with Gasteiger partial charge in [0.1, 0.15) is 0 Å². The third-order valence-corrected chi connectivity index (χ3v) is 4.63. The molecule has 3 atom stereocenters. The fourth-order valence-corrected chi connectivity index (χ4v) is 3.06. The van der Waals surface area contributed by atoms with Gasteiger partial charge in [-0.25, -0.2) is 0 Å². The third-order valence-electron chi connectivity index (χ3n) is 4.63. The Morgan fingerprint density at radius 3 is 2.77 bits per heavy atom. The van der Waals surface area contributed by atoms with Crippen LogP contribution in [0.25, 0.3) is 0 Å². The summed E-state index contributed by atoms with van der Waals surface area (Å²) in [5.74, 6) is -0.318. The normalized spacial score (nSPS) is 20.5. The Hall–Kier alpha value is -1.47. The summed E-state index contributed by atoms with van der Waals surface area (Å²) < 4.78 is 17.2. The summed E-state index contributed by atoms with van der Waals surface area (Å²) in [6.45, 7) is 5.99. The summed E-state index contributed by atoms with van der Waals surface area (Å²) in [5.41, 5.74) is 5.97. The predicted octanol–water partition coefficient (Wildman–Crippen LogP) is 2.36. The van der Waals surface area contributed by atoms with Gasteiger partial charge in [0.05, 0.1) is 18.8 Å². The minimum atomic E-state index is -1.42. The largest absolute Gasteiger partial charge is 0.378 e. The second kappa shape index (κ2) is 10.6. The lowest BCUT2D eigenvalue weighted by atomic mass is 10.0. The Bertz CT molecular complexity index is 534. The second-order valence-corrected chi connectivity index (χ2v) is 6.70. The minimum Gasteiger partial charge on any atom is -0.378 e. The smallest absolute Gasteiger partial charge is 0.267 e. The molecule has 0 saturated carbocycles. The molecule has 2 unspecified atom stereocenters. The lowest BCUT2D eigenvalue weighted by Crippen LogP contribution is -2.58. The third kappa shape index (κ3) is 6.36. The molecular formula is C20H32N2O4. The molecule has 146 valence electrons. The zero-order chi connectivity index (χ0) is 18.8. The molecule has 0 aliphatic carbocycles.